The van der Waals surface area contributed by atoms with Crippen molar-refractivity contribution in [1.82, 2.24) is 15.5 Å². The van der Waals surface area contributed by atoms with Gasteiger partial charge in [-0.05, 0) is 36.6 Å². The van der Waals surface area contributed by atoms with Crippen LogP contribution in [0.25, 0.3) is 10.8 Å². The van der Waals surface area contributed by atoms with E-state index in [1.165, 1.54) is 12.5 Å². The van der Waals surface area contributed by atoms with E-state index in [2.05, 4.69) is 15.5 Å². The van der Waals surface area contributed by atoms with E-state index in [1.807, 2.05) is 12.1 Å². The molecule has 0 aliphatic heterocycles. The number of aromatic nitrogens is 2. The van der Waals surface area contributed by atoms with Crippen LogP contribution in [0.15, 0.2) is 47.3 Å². The number of H-pyrrole nitrogens is 1. The molecular formula is C22H22FN3O2. The molecule has 28 heavy (non-hydrogen) atoms. The maximum atomic E-state index is 14.3. The summed E-state index contributed by atoms with van der Waals surface area (Å²) < 4.78 is 14.3. The van der Waals surface area contributed by atoms with E-state index >= 15 is 0 Å². The van der Waals surface area contributed by atoms with Crippen molar-refractivity contribution in [3.8, 4) is 0 Å². The molecule has 0 saturated heterocycles. The summed E-state index contributed by atoms with van der Waals surface area (Å²) in [5.41, 5.74) is 1.25. The number of halogens is 1. The number of nitrogens with one attached hydrogen (secondary N) is 2. The fraction of sp³-hybridized carbons (Fsp3) is 0.318. The molecule has 0 radical (unpaired) electrons. The Balaban J connectivity index is 1.60. The number of rotatable bonds is 4. The van der Waals surface area contributed by atoms with E-state index in [1.54, 1.807) is 24.3 Å². The molecular weight excluding hydrogens is 357 g/mol. The number of fused-ring (bicyclic) bond motifs is 1. The third-order valence-electron chi connectivity index (χ3n) is 5.36. The average molecular weight is 379 g/mol. The maximum Gasteiger partial charge on any atom is 0.272 e. The van der Waals surface area contributed by atoms with E-state index in [-0.39, 0.29) is 23.1 Å². The zero-order valence-corrected chi connectivity index (χ0v) is 15.5. The first-order valence-electron chi connectivity index (χ1n) is 9.67. The molecule has 2 aromatic carbocycles. The van der Waals surface area contributed by atoms with Crippen LogP contribution in [0.3, 0.4) is 0 Å². The summed E-state index contributed by atoms with van der Waals surface area (Å²) in [6.45, 7) is 0. The van der Waals surface area contributed by atoms with E-state index in [0.717, 1.165) is 36.6 Å². The first-order chi connectivity index (χ1) is 13.6. The van der Waals surface area contributed by atoms with Crippen molar-refractivity contribution in [2.24, 2.45) is 0 Å². The standard InChI is InChI=1S/C22H22FN3O2/c23-19-11-10-14(12-18(19)21(27)24-15-6-2-1-3-7-15)13-20-16-8-4-5-9-17(16)22(28)26-25-20/h4-5,8-12,15H,1-3,6-7,13H2,(H,24,27)(H,26,28). The van der Waals surface area contributed by atoms with Crippen molar-refractivity contribution in [2.45, 2.75) is 44.6 Å². The van der Waals surface area contributed by atoms with Gasteiger partial charge in [-0.3, -0.25) is 9.59 Å². The molecule has 1 fully saturated rings. The van der Waals surface area contributed by atoms with Crippen molar-refractivity contribution in [2.75, 3.05) is 0 Å². The molecule has 0 bridgehead atoms. The van der Waals surface area contributed by atoms with Gasteiger partial charge in [-0.15, -0.1) is 0 Å². The highest BCUT2D eigenvalue weighted by Crippen LogP contribution is 2.20. The normalized spacial score (nSPS) is 14.9. The van der Waals surface area contributed by atoms with Gasteiger partial charge >= 0.3 is 0 Å². The van der Waals surface area contributed by atoms with Gasteiger partial charge in [0.25, 0.3) is 11.5 Å². The largest absolute Gasteiger partial charge is 0.349 e. The highest BCUT2D eigenvalue weighted by Gasteiger charge is 2.19. The van der Waals surface area contributed by atoms with Crippen LogP contribution in [-0.2, 0) is 6.42 Å². The van der Waals surface area contributed by atoms with Gasteiger partial charge in [0.1, 0.15) is 5.82 Å². The molecule has 1 aromatic heterocycles. The van der Waals surface area contributed by atoms with Crippen LogP contribution >= 0.6 is 0 Å². The molecule has 2 N–H and O–H groups in total. The zero-order chi connectivity index (χ0) is 19.5. The van der Waals surface area contributed by atoms with Crippen molar-refractivity contribution < 1.29 is 9.18 Å². The molecule has 5 nitrogen and oxygen atoms in total. The van der Waals surface area contributed by atoms with Crippen LogP contribution in [0.5, 0.6) is 0 Å². The number of carbonyl (C=O) groups is 1. The van der Waals surface area contributed by atoms with E-state index in [4.69, 9.17) is 0 Å². The third kappa shape index (κ3) is 3.81. The topological polar surface area (TPSA) is 74.8 Å². The van der Waals surface area contributed by atoms with E-state index in [9.17, 15) is 14.0 Å². The lowest BCUT2D eigenvalue weighted by Crippen LogP contribution is -2.36. The quantitative estimate of drug-likeness (QED) is 0.726. The molecule has 144 valence electrons. The van der Waals surface area contributed by atoms with Gasteiger partial charge in [-0.1, -0.05) is 43.5 Å². The summed E-state index contributed by atoms with van der Waals surface area (Å²) in [7, 11) is 0. The summed E-state index contributed by atoms with van der Waals surface area (Å²) >= 11 is 0. The van der Waals surface area contributed by atoms with Crippen molar-refractivity contribution in [1.29, 1.82) is 0 Å². The molecule has 1 aliphatic rings. The predicted octanol–water partition coefficient (Wildman–Crippen LogP) is 3.72. The van der Waals surface area contributed by atoms with Gasteiger partial charge in [-0.25, -0.2) is 9.49 Å². The second-order valence-electron chi connectivity index (χ2n) is 7.34. The minimum absolute atomic E-state index is 0.0526. The number of benzene rings is 2. The molecule has 6 heteroatoms. The first-order valence-corrected chi connectivity index (χ1v) is 9.67. The van der Waals surface area contributed by atoms with Crippen molar-refractivity contribution in [3.05, 3.63) is 75.5 Å². The highest BCUT2D eigenvalue weighted by molar-refractivity contribution is 5.95. The SMILES string of the molecule is O=C(NC1CCCCC1)c1cc(Cc2n[nH]c(=O)c3ccccc23)ccc1F. The average Bonchev–Trinajstić information content (AvgIpc) is 2.72. The van der Waals surface area contributed by atoms with Gasteiger partial charge in [0.05, 0.1) is 16.6 Å². The molecule has 0 unspecified atom stereocenters. The van der Waals surface area contributed by atoms with Gasteiger partial charge in [-0.2, -0.15) is 5.10 Å². The predicted molar refractivity (Wildman–Crippen MR) is 106 cm³/mol. The van der Waals surface area contributed by atoms with Crippen LogP contribution < -0.4 is 10.9 Å². The molecule has 1 aliphatic carbocycles. The van der Waals surface area contributed by atoms with Crippen LogP contribution in [-0.4, -0.2) is 22.1 Å². The molecule has 3 aromatic rings. The van der Waals surface area contributed by atoms with Crippen molar-refractivity contribution >= 4 is 16.7 Å². The second kappa shape index (κ2) is 7.92. The Labute approximate surface area is 162 Å². The summed E-state index contributed by atoms with van der Waals surface area (Å²) in [5.74, 6) is -0.901. The fourth-order valence-corrected chi connectivity index (χ4v) is 3.87. The van der Waals surface area contributed by atoms with Crippen LogP contribution in [0.1, 0.15) is 53.7 Å². The van der Waals surface area contributed by atoms with Crippen LogP contribution in [0.2, 0.25) is 0 Å². The molecule has 1 saturated carbocycles. The maximum absolute atomic E-state index is 14.3. The van der Waals surface area contributed by atoms with Crippen LogP contribution in [0.4, 0.5) is 4.39 Å². The summed E-state index contributed by atoms with van der Waals surface area (Å²) in [5, 5.41) is 10.9. The number of carbonyl (C=O) groups excluding carboxylic acids is 1. The molecule has 1 amide bonds. The van der Waals surface area contributed by atoms with E-state index < -0.39 is 5.82 Å². The molecule has 4 rings (SSSR count). The summed E-state index contributed by atoms with van der Waals surface area (Å²) in [6, 6.07) is 11.9. The summed E-state index contributed by atoms with van der Waals surface area (Å²) in [6.07, 6.45) is 5.66. The second-order valence-corrected chi connectivity index (χ2v) is 7.34. The zero-order valence-electron chi connectivity index (χ0n) is 15.5. The Bertz CT molecular complexity index is 1070. The minimum Gasteiger partial charge on any atom is -0.349 e. The lowest BCUT2D eigenvalue weighted by molar-refractivity contribution is 0.0923. The lowest BCUT2D eigenvalue weighted by atomic mass is 9.95. The smallest absolute Gasteiger partial charge is 0.272 e. The van der Waals surface area contributed by atoms with Gasteiger partial charge in [0.2, 0.25) is 0 Å². The third-order valence-corrected chi connectivity index (χ3v) is 5.36. The summed E-state index contributed by atoms with van der Waals surface area (Å²) in [4.78, 5) is 24.5. The van der Waals surface area contributed by atoms with Crippen molar-refractivity contribution in [3.63, 3.8) is 0 Å². The Morgan fingerprint density at radius 2 is 1.86 bits per heavy atom. The number of hydrogen-bond acceptors (Lipinski definition) is 3. The van der Waals surface area contributed by atoms with Gasteiger partial charge in [0.15, 0.2) is 0 Å². The molecule has 1 heterocycles. The Hall–Kier alpha value is -3.02. The van der Waals surface area contributed by atoms with Gasteiger partial charge in [0, 0.05) is 17.8 Å². The number of nitrogens with zero attached hydrogens (tertiary/aromatic N) is 1. The highest BCUT2D eigenvalue weighted by atomic mass is 19.1. The van der Waals surface area contributed by atoms with E-state index in [0.29, 0.717) is 17.5 Å². The first kappa shape index (κ1) is 18.3. The Morgan fingerprint density at radius 1 is 1.11 bits per heavy atom. The minimum atomic E-state index is -0.531. The lowest BCUT2D eigenvalue weighted by Gasteiger charge is -2.23. The number of aromatic amines is 1. The number of hydrogen-bond donors (Lipinski definition) is 2. The molecule has 0 spiro atoms. The monoisotopic (exact) mass is 379 g/mol. The Morgan fingerprint density at radius 3 is 2.64 bits per heavy atom. The number of amides is 1. The fourth-order valence-electron chi connectivity index (χ4n) is 3.87. The van der Waals surface area contributed by atoms with Gasteiger partial charge < -0.3 is 5.32 Å². The van der Waals surface area contributed by atoms with Crippen LogP contribution in [0, 0.1) is 5.82 Å². The molecule has 0 atom stereocenters. The Kier molecular flexibility index (Phi) is 5.19.